The zero-order chi connectivity index (χ0) is 19.3. The minimum absolute atomic E-state index is 0.116. The normalized spacial score (nSPS) is 18.8. The number of hydrogen-bond donors (Lipinski definition) is 2. The third-order valence-corrected chi connectivity index (χ3v) is 5.37. The van der Waals surface area contributed by atoms with Crippen molar-refractivity contribution in [3.63, 3.8) is 0 Å². The SMILES string of the molecule is O=C(NCc1nc(-c2ccccc2F)cs1)N[C@@H]1CCO[C@H]1c1cccnc1. The number of amides is 2. The lowest BCUT2D eigenvalue weighted by atomic mass is 10.0. The van der Waals surface area contributed by atoms with E-state index in [9.17, 15) is 9.18 Å². The van der Waals surface area contributed by atoms with Gasteiger partial charge in [0.2, 0.25) is 0 Å². The molecule has 2 amide bonds. The van der Waals surface area contributed by atoms with Crippen molar-refractivity contribution in [2.24, 2.45) is 0 Å². The maximum atomic E-state index is 13.9. The summed E-state index contributed by atoms with van der Waals surface area (Å²) in [5, 5.41) is 8.27. The number of thiazole rings is 1. The minimum Gasteiger partial charge on any atom is -0.371 e. The monoisotopic (exact) mass is 398 g/mol. The van der Waals surface area contributed by atoms with Gasteiger partial charge in [-0.25, -0.2) is 14.2 Å². The van der Waals surface area contributed by atoms with Crippen LogP contribution in [-0.4, -0.2) is 28.6 Å². The summed E-state index contributed by atoms with van der Waals surface area (Å²) in [5.41, 5.74) is 1.97. The number of carbonyl (C=O) groups is 1. The number of carbonyl (C=O) groups excluding carboxylic acids is 1. The number of nitrogens with zero attached hydrogens (tertiary/aromatic N) is 2. The molecule has 6 nitrogen and oxygen atoms in total. The molecule has 0 spiro atoms. The molecule has 0 bridgehead atoms. The zero-order valence-electron chi connectivity index (χ0n) is 15.0. The summed E-state index contributed by atoms with van der Waals surface area (Å²) in [5.74, 6) is -0.312. The Bertz CT molecular complexity index is 950. The van der Waals surface area contributed by atoms with Gasteiger partial charge >= 0.3 is 6.03 Å². The van der Waals surface area contributed by atoms with Crippen LogP contribution in [0, 0.1) is 5.82 Å². The first-order valence-corrected chi connectivity index (χ1v) is 9.84. The molecule has 2 aromatic heterocycles. The van der Waals surface area contributed by atoms with Crippen LogP contribution in [0.3, 0.4) is 0 Å². The van der Waals surface area contributed by atoms with Crippen molar-refractivity contribution in [2.45, 2.75) is 25.1 Å². The van der Waals surface area contributed by atoms with E-state index in [1.807, 2.05) is 12.1 Å². The van der Waals surface area contributed by atoms with Crippen LogP contribution >= 0.6 is 11.3 Å². The Morgan fingerprint density at radius 1 is 1.29 bits per heavy atom. The van der Waals surface area contributed by atoms with E-state index in [1.165, 1.54) is 17.4 Å². The second-order valence-electron chi connectivity index (χ2n) is 6.41. The highest BCUT2D eigenvalue weighted by molar-refractivity contribution is 7.09. The van der Waals surface area contributed by atoms with Crippen molar-refractivity contribution in [3.05, 3.63) is 70.6 Å². The van der Waals surface area contributed by atoms with Crippen LogP contribution < -0.4 is 10.6 Å². The standard InChI is InChI=1S/C20H19FN4O2S/c21-15-6-2-1-5-14(15)17-12-28-18(24-17)11-23-20(26)25-16-7-9-27-19(16)13-4-3-8-22-10-13/h1-6,8,10,12,16,19H,7,9,11H2,(H2,23,25,26)/t16-,19+/m1/s1. The van der Waals surface area contributed by atoms with Gasteiger partial charge in [0.25, 0.3) is 0 Å². The van der Waals surface area contributed by atoms with Gasteiger partial charge in [0.05, 0.1) is 18.3 Å². The van der Waals surface area contributed by atoms with Gasteiger partial charge in [-0.15, -0.1) is 11.3 Å². The number of nitrogens with one attached hydrogen (secondary N) is 2. The predicted molar refractivity (Wildman–Crippen MR) is 104 cm³/mol. The molecule has 1 aliphatic rings. The van der Waals surface area contributed by atoms with E-state index in [0.717, 1.165) is 12.0 Å². The smallest absolute Gasteiger partial charge is 0.315 e. The van der Waals surface area contributed by atoms with Crippen LogP contribution in [0.5, 0.6) is 0 Å². The minimum atomic E-state index is -0.312. The maximum Gasteiger partial charge on any atom is 0.315 e. The van der Waals surface area contributed by atoms with E-state index in [0.29, 0.717) is 22.9 Å². The topological polar surface area (TPSA) is 76.1 Å². The highest BCUT2D eigenvalue weighted by Gasteiger charge is 2.31. The summed E-state index contributed by atoms with van der Waals surface area (Å²) >= 11 is 1.38. The second kappa shape index (κ2) is 8.45. The van der Waals surface area contributed by atoms with Crippen LogP contribution in [0.4, 0.5) is 9.18 Å². The van der Waals surface area contributed by atoms with Gasteiger partial charge in [-0.3, -0.25) is 4.98 Å². The van der Waals surface area contributed by atoms with E-state index in [4.69, 9.17) is 4.74 Å². The van der Waals surface area contributed by atoms with Crippen molar-refractivity contribution in [3.8, 4) is 11.3 Å². The van der Waals surface area contributed by atoms with Gasteiger partial charge in [-0.1, -0.05) is 18.2 Å². The number of pyridine rings is 1. The molecular weight excluding hydrogens is 379 g/mol. The van der Waals surface area contributed by atoms with Crippen LogP contribution in [-0.2, 0) is 11.3 Å². The predicted octanol–water partition coefficient (Wildman–Crippen LogP) is 3.67. The summed E-state index contributed by atoms with van der Waals surface area (Å²) in [4.78, 5) is 20.8. The Balaban J connectivity index is 1.33. The average molecular weight is 398 g/mol. The molecule has 1 fully saturated rings. The number of ether oxygens (including phenoxy) is 1. The van der Waals surface area contributed by atoms with Crippen molar-refractivity contribution in [2.75, 3.05) is 6.61 Å². The first kappa shape index (κ1) is 18.5. The highest BCUT2D eigenvalue weighted by Crippen LogP contribution is 2.28. The van der Waals surface area contributed by atoms with Crippen LogP contribution in [0.2, 0.25) is 0 Å². The lowest BCUT2D eigenvalue weighted by Crippen LogP contribution is -2.43. The summed E-state index contributed by atoms with van der Waals surface area (Å²) < 4.78 is 19.6. The maximum absolute atomic E-state index is 13.9. The summed E-state index contributed by atoms with van der Waals surface area (Å²) in [7, 11) is 0. The van der Waals surface area contributed by atoms with E-state index in [1.54, 1.807) is 36.0 Å². The molecule has 2 atom stereocenters. The van der Waals surface area contributed by atoms with Crippen molar-refractivity contribution < 1.29 is 13.9 Å². The Morgan fingerprint density at radius 3 is 3.00 bits per heavy atom. The number of hydrogen-bond acceptors (Lipinski definition) is 5. The molecule has 4 rings (SSSR count). The Labute approximate surface area is 165 Å². The molecule has 1 aliphatic heterocycles. The molecule has 144 valence electrons. The number of halogens is 1. The number of aromatic nitrogens is 2. The fourth-order valence-electron chi connectivity index (χ4n) is 3.17. The molecule has 0 unspecified atom stereocenters. The van der Waals surface area contributed by atoms with Gasteiger partial charge in [0.1, 0.15) is 16.9 Å². The van der Waals surface area contributed by atoms with Gasteiger partial charge in [0.15, 0.2) is 0 Å². The highest BCUT2D eigenvalue weighted by atomic mass is 32.1. The van der Waals surface area contributed by atoms with E-state index in [-0.39, 0.29) is 30.5 Å². The average Bonchev–Trinajstić information content (AvgIpc) is 3.37. The van der Waals surface area contributed by atoms with Crippen LogP contribution in [0.25, 0.3) is 11.3 Å². The molecule has 1 saturated heterocycles. The molecule has 0 radical (unpaired) electrons. The second-order valence-corrected chi connectivity index (χ2v) is 7.35. The third kappa shape index (κ3) is 4.18. The molecule has 1 aromatic carbocycles. The summed E-state index contributed by atoms with van der Waals surface area (Å²) in [6.45, 7) is 0.860. The molecule has 8 heteroatoms. The van der Waals surface area contributed by atoms with E-state index >= 15 is 0 Å². The molecule has 3 heterocycles. The Kier molecular flexibility index (Phi) is 5.59. The Hall–Kier alpha value is -2.84. The molecule has 2 N–H and O–H groups in total. The summed E-state index contributed by atoms with van der Waals surface area (Å²) in [6, 6.07) is 9.89. The van der Waals surface area contributed by atoms with Crippen molar-refractivity contribution in [1.29, 1.82) is 0 Å². The van der Waals surface area contributed by atoms with Gasteiger partial charge < -0.3 is 15.4 Å². The van der Waals surface area contributed by atoms with E-state index < -0.39 is 0 Å². The summed E-state index contributed by atoms with van der Waals surface area (Å²) in [6.07, 6.45) is 3.99. The van der Waals surface area contributed by atoms with Gasteiger partial charge in [-0.2, -0.15) is 0 Å². The molecular formula is C20H19FN4O2S. The fourth-order valence-corrected chi connectivity index (χ4v) is 3.90. The molecule has 0 aliphatic carbocycles. The lowest BCUT2D eigenvalue weighted by Gasteiger charge is -2.20. The molecule has 28 heavy (non-hydrogen) atoms. The fraction of sp³-hybridized carbons (Fsp3) is 0.250. The lowest BCUT2D eigenvalue weighted by molar-refractivity contribution is 0.0996. The first-order chi connectivity index (χ1) is 13.7. The number of benzene rings is 1. The van der Waals surface area contributed by atoms with Crippen molar-refractivity contribution in [1.82, 2.24) is 20.6 Å². The third-order valence-electron chi connectivity index (χ3n) is 4.52. The van der Waals surface area contributed by atoms with Gasteiger partial charge in [-0.05, 0) is 24.6 Å². The van der Waals surface area contributed by atoms with Crippen molar-refractivity contribution >= 4 is 17.4 Å². The van der Waals surface area contributed by atoms with Crippen LogP contribution in [0.1, 0.15) is 23.1 Å². The molecule has 3 aromatic rings. The van der Waals surface area contributed by atoms with Gasteiger partial charge in [0, 0.05) is 35.5 Å². The zero-order valence-corrected chi connectivity index (χ0v) is 15.8. The molecule has 0 saturated carbocycles. The Morgan fingerprint density at radius 2 is 2.18 bits per heavy atom. The number of urea groups is 1. The van der Waals surface area contributed by atoms with Crippen LogP contribution in [0.15, 0.2) is 54.2 Å². The first-order valence-electron chi connectivity index (χ1n) is 8.96. The number of rotatable bonds is 5. The quantitative estimate of drug-likeness (QED) is 0.688. The van der Waals surface area contributed by atoms with E-state index in [2.05, 4.69) is 20.6 Å². The largest absolute Gasteiger partial charge is 0.371 e.